The molecular weight excluding hydrogens is 494 g/mol. The van der Waals surface area contributed by atoms with Crippen LogP contribution in [0.4, 0.5) is 4.79 Å². The normalized spacial score (nSPS) is 14.8. The zero-order valence-electron chi connectivity index (χ0n) is 21.9. The van der Waals surface area contributed by atoms with Crippen LogP contribution in [-0.2, 0) is 20.3 Å². The lowest BCUT2D eigenvalue weighted by Crippen LogP contribution is -2.44. The van der Waals surface area contributed by atoms with Crippen molar-refractivity contribution in [2.75, 3.05) is 19.6 Å². The fraction of sp³-hybridized carbons (Fsp3) is 0.444. The Morgan fingerprint density at radius 2 is 1.84 bits per heavy atom. The first-order valence-corrected chi connectivity index (χ1v) is 13.9. The number of likely N-dealkylation sites (tertiary alicyclic amines) is 1. The van der Waals surface area contributed by atoms with Crippen molar-refractivity contribution >= 4 is 21.8 Å². The first-order valence-electron chi connectivity index (χ1n) is 12.1. The number of rotatable bonds is 8. The van der Waals surface area contributed by atoms with Crippen LogP contribution in [0.1, 0.15) is 55.4 Å². The molecule has 0 aliphatic carbocycles. The van der Waals surface area contributed by atoms with E-state index in [-0.39, 0.29) is 17.6 Å². The number of ether oxygens (including phenoxy) is 1. The third kappa shape index (κ3) is 7.55. The van der Waals surface area contributed by atoms with Crippen molar-refractivity contribution in [3.63, 3.8) is 0 Å². The molecule has 1 aliphatic rings. The van der Waals surface area contributed by atoms with Gasteiger partial charge in [0.2, 0.25) is 5.89 Å². The van der Waals surface area contributed by atoms with E-state index in [1.54, 1.807) is 62.9 Å². The van der Waals surface area contributed by atoms with E-state index in [1.165, 1.54) is 0 Å². The Labute approximate surface area is 218 Å². The molecule has 1 aliphatic heterocycles. The molecule has 2 amide bonds. The van der Waals surface area contributed by atoms with E-state index in [0.717, 1.165) is 0 Å². The lowest BCUT2D eigenvalue weighted by molar-refractivity contribution is 0.0217. The van der Waals surface area contributed by atoms with Crippen LogP contribution < -0.4 is 5.32 Å². The van der Waals surface area contributed by atoms with Crippen LogP contribution in [0.2, 0.25) is 0 Å². The second-order valence-electron chi connectivity index (χ2n) is 10.1. The minimum Gasteiger partial charge on any atom is -0.444 e. The number of aromatic nitrogens is 1. The summed E-state index contributed by atoms with van der Waals surface area (Å²) in [6.45, 7) is 15.4. The topological polar surface area (TPSA) is 119 Å². The van der Waals surface area contributed by atoms with Crippen LogP contribution in [0, 0.1) is 6.92 Å². The van der Waals surface area contributed by atoms with Gasteiger partial charge in [0, 0.05) is 30.8 Å². The number of carbonyl (C=O) groups is 2. The molecule has 37 heavy (non-hydrogen) atoms. The molecular formula is C27H35N3O6S. The van der Waals surface area contributed by atoms with E-state index in [1.807, 2.05) is 0 Å². The number of nitrogens with one attached hydrogen (secondary N) is 1. The first-order chi connectivity index (χ1) is 17.3. The second-order valence-corrected chi connectivity index (χ2v) is 12.4. The molecule has 0 radical (unpaired) electrons. The van der Waals surface area contributed by atoms with Gasteiger partial charge in [-0.1, -0.05) is 19.2 Å². The smallest absolute Gasteiger partial charge is 0.410 e. The molecule has 1 aromatic carbocycles. The Morgan fingerprint density at radius 1 is 1.22 bits per heavy atom. The fourth-order valence-corrected chi connectivity index (χ4v) is 5.66. The Bertz CT molecular complexity index is 1260. The zero-order chi connectivity index (χ0) is 27.4. The maximum Gasteiger partial charge on any atom is 0.410 e. The van der Waals surface area contributed by atoms with Crippen molar-refractivity contribution in [2.24, 2.45) is 0 Å². The van der Waals surface area contributed by atoms with Gasteiger partial charge in [-0.3, -0.25) is 4.79 Å². The van der Waals surface area contributed by atoms with Gasteiger partial charge in [-0.15, -0.1) is 0 Å². The average molecular weight is 530 g/mol. The molecule has 3 rings (SSSR count). The summed E-state index contributed by atoms with van der Waals surface area (Å²) in [5.41, 5.74) is 1.55. The van der Waals surface area contributed by atoms with Crippen LogP contribution in [-0.4, -0.2) is 60.8 Å². The highest BCUT2D eigenvalue weighted by Gasteiger charge is 2.34. The van der Waals surface area contributed by atoms with E-state index >= 15 is 0 Å². The van der Waals surface area contributed by atoms with Gasteiger partial charge in [-0.25, -0.2) is 18.2 Å². The molecule has 1 fully saturated rings. The third-order valence-corrected chi connectivity index (χ3v) is 8.15. The van der Waals surface area contributed by atoms with Crippen LogP contribution in [0.3, 0.4) is 0 Å². The molecule has 1 N–H and O–H groups in total. The molecule has 2 heterocycles. The quantitative estimate of drug-likeness (QED) is 0.502. The highest BCUT2D eigenvalue weighted by atomic mass is 32.2. The van der Waals surface area contributed by atoms with Crippen LogP contribution in [0.15, 0.2) is 53.5 Å². The number of aryl methyl sites for hydroxylation is 1. The summed E-state index contributed by atoms with van der Waals surface area (Å²) in [4.78, 5) is 30.5. The third-order valence-electron chi connectivity index (χ3n) is 5.99. The summed E-state index contributed by atoms with van der Waals surface area (Å²) >= 11 is 0. The number of carbonyl (C=O) groups excluding carboxylic acids is 2. The molecule has 0 atom stereocenters. The molecule has 9 nitrogen and oxygen atoms in total. The SMILES string of the molecule is C=CC(=C)CNC(=O)c1ccc(-c2nc(CS(=O)(=O)C3CCN(C(=O)OC(C)(C)C)CC3)c(C)o2)cc1. The Morgan fingerprint density at radius 3 is 2.41 bits per heavy atom. The molecule has 1 aromatic heterocycles. The molecule has 0 bridgehead atoms. The number of amides is 2. The van der Waals surface area contributed by atoms with Gasteiger partial charge in [-0.2, -0.15) is 0 Å². The summed E-state index contributed by atoms with van der Waals surface area (Å²) in [6, 6.07) is 6.70. The van der Waals surface area contributed by atoms with Crippen molar-refractivity contribution in [3.05, 3.63) is 66.1 Å². The molecule has 0 unspecified atom stereocenters. The predicted molar refractivity (Wildman–Crippen MR) is 142 cm³/mol. The molecule has 200 valence electrons. The van der Waals surface area contributed by atoms with Gasteiger partial charge in [-0.05, 0) is 70.4 Å². The van der Waals surface area contributed by atoms with E-state index in [0.29, 0.717) is 60.6 Å². The van der Waals surface area contributed by atoms with Crippen LogP contribution in [0.25, 0.3) is 11.5 Å². The van der Waals surface area contributed by atoms with Crippen molar-refractivity contribution in [1.29, 1.82) is 0 Å². The molecule has 2 aromatic rings. The monoisotopic (exact) mass is 529 g/mol. The summed E-state index contributed by atoms with van der Waals surface area (Å²) in [5.74, 6) is 0.222. The Hall–Kier alpha value is -3.40. The fourth-order valence-electron chi connectivity index (χ4n) is 3.85. The predicted octanol–water partition coefficient (Wildman–Crippen LogP) is 4.44. The number of oxazole rings is 1. The highest BCUT2D eigenvalue weighted by molar-refractivity contribution is 7.91. The summed E-state index contributed by atoms with van der Waals surface area (Å²) in [7, 11) is -3.51. The van der Waals surface area contributed by atoms with Gasteiger partial charge in [0.25, 0.3) is 5.91 Å². The second kappa shape index (κ2) is 11.3. The number of nitrogens with zero attached hydrogens (tertiary/aromatic N) is 2. The number of sulfone groups is 1. The maximum atomic E-state index is 13.1. The van der Waals surface area contributed by atoms with E-state index in [2.05, 4.69) is 23.5 Å². The number of piperidine rings is 1. The van der Waals surface area contributed by atoms with Crippen molar-refractivity contribution in [3.8, 4) is 11.5 Å². The van der Waals surface area contributed by atoms with E-state index in [9.17, 15) is 18.0 Å². The van der Waals surface area contributed by atoms with Crippen LogP contribution >= 0.6 is 0 Å². The van der Waals surface area contributed by atoms with Gasteiger partial charge < -0.3 is 19.4 Å². The molecule has 0 spiro atoms. The zero-order valence-corrected chi connectivity index (χ0v) is 22.7. The minimum absolute atomic E-state index is 0.243. The number of benzene rings is 1. The lowest BCUT2D eigenvalue weighted by atomic mass is 10.1. The molecule has 0 saturated carbocycles. The van der Waals surface area contributed by atoms with Crippen molar-refractivity contribution < 1.29 is 27.2 Å². The van der Waals surface area contributed by atoms with Crippen LogP contribution in [0.5, 0.6) is 0 Å². The van der Waals surface area contributed by atoms with Crippen molar-refractivity contribution in [1.82, 2.24) is 15.2 Å². The highest BCUT2D eigenvalue weighted by Crippen LogP contribution is 2.27. The average Bonchev–Trinajstić information content (AvgIpc) is 3.20. The summed E-state index contributed by atoms with van der Waals surface area (Å²) in [5, 5.41) is 2.18. The lowest BCUT2D eigenvalue weighted by Gasteiger charge is -2.33. The minimum atomic E-state index is -3.51. The Kier molecular flexibility index (Phi) is 8.63. The summed E-state index contributed by atoms with van der Waals surface area (Å²) in [6.07, 6.45) is 1.84. The largest absolute Gasteiger partial charge is 0.444 e. The van der Waals surface area contributed by atoms with Crippen molar-refractivity contribution in [2.45, 2.75) is 57.1 Å². The number of hydrogen-bond acceptors (Lipinski definition) is 7. The van der Waals surface area contributed by atoms with E-state index in [4.69, 9.17) is 9.15 Å². The Balaban J connectivity index is 1.62. The summed E-state index contributed by atoms with van der Waals surface area (Å²) < 4.78 is 37.4. The van der Waals surface area contributed by atoms with E-state index < -0.39 is 26.8 Å². The number of hydrogen-bond donors (Lipinski definition) is 1. The van der Waals surface area contributed by atoms with Gasteiger partial charge in [0.1, 0.15) is 11.4 Å². The van der Waals surface area contributed by atoms with Gasteiger partial charge in [0.15, 0.2) is 9.84 Å². The molecule has 10 heteroatoms. The maximum absolute atomic E-state index is 13.1. The standard InChI is InChI=1S/C27H35N3O6S/c1-7-18(2)16-28-24(31)20-8-10-21(11-9-20)25-29-23(19(3)35-25)17-37(33,34)22-12-14-30(15-13-22)26(32)36-27(4,5)6/h7-11,22H,1-2,12-17H2,3-6H3,(H,28,31). The molecule has 1 saturated heterocycles. The first kappa shape index (κ1) is 28.2. The van der Waals surface area contributed by atoms with Gasteiger partial charge >= 0.3 is 6.09 Å². The van der Waals surface area contributed by atoms with Gasteiger partial charge in [0.05, 0.1) is 16.7 Å².